The molecule has 0 aliphatic carbocycles. The van der Waals surface area contributed by atoms with Gasteiger partial charge in [0.05, 0.1) is 5.52 Å². The molecule has 0 bridgehead atoms. The Bertz CT molecular complexity index is 1120. The van der Waals surface area contributed by atoms with Gasteiger partial charge in [0, 0.05) is 34.3 Å². The summed E-state index contributed by atoms with van der Waals surface area (Å²) in [5, 5.41) is 0.976. The Morgan fingerprint density at radius 2 is 1.79 bits per heavy atom. The molecule has 4 rings (SSSR count). The Morgan fingerprint density at radius 3 is 2.48 bits per heavy atom. The van der Waals surface area contributed by atoms with Crippen LogP contribution >= 0.6 is 15.9 Å². The van der Waals surface area contributed by atoms with Crippen LogP contribution in [0.25, 0.3) is 10.9 Å². The highest BCUT2D eigenvalue weighted by Gasteiger charge is 2.26. The van der Waals surface area contributed by atoms with Gasteiger partial charge in [-0.2, -0.15) is 0 Å². The van der Waals surface area contributed by atoms with E-state index in [9.17, 15) is 8.42 Å². The minimum Gasteiger partial charge on any atom is -0.368 e. The van der Waals surface area contributed by atoms with Gasteiger partial charge in [0.2, 0.25) is 0 Å². The normalized spacial score (nSPS) is 16.4. The maximum atomic E-state index is 13.3. The van der Waals surface area contributed by atoms with E-state index >= 15 is 0 Å². The molecule has 0 radical (unpaired) electrons. The molecule has 5 nitrogen and oxygen atoms in total. The van der Waals surface area contributed by atoms with Gasteiger partial charge in [0.25, 0.3) is 10.0 Å². The predicted octanol–water partition coefficient (Wildman–Crippen LogP) is 4.56. The van der Waals surface area contributed by atoms with Gasteiger partial charge < -0.3 is 9.80 Å². The third-order valence-electron chi connectivity index (χ3n) is 5.83. The maximum absolute atomic E-state index is 13.3. The van der Waals surface area contributed by atoms with E-state index in [2.05, 4.69) is 45.8 Å². The average molecular weight is 476 g/mol. The Balaban J connectivity index is 1.78. The van der Waals surface area contributed by atoms with Crippen LogP contribution in [-0.2, 0) is 10.0 Å². The van der Waals surface area contributed by atoms with E-state index < -0.39 is 10.0 Å². The first-order valence-electron chi connectivity index (χ1n) is 9.99. The lowest BCUT2D eigenvalue weighted by molar-refractivity contribution is 0.250. The third-order valence-corrected chi connectivity index (χ3v) is 8.53. The highest BCUT2D eigenvalue weighted by molar-refractivity contribution is 9.10. The standard InChI is InChI=1S/C22H26BrN3O2S/c1-3-25(17-11-14-24(2)15-12-17)20-8-6-9-21-18(20)13-16-26(21)29(27,28)22-10-5-4-7-19(22)23/h4-10,13,16-17H,3,11-12,14-15H2,1-2H3. The van der Waals surface area contributed by atoms with Crippen molar-refractivity contribution in [3.63, 3.8) is 0 Å². The topological polar surface area (TPSA) is 45.6 Å². The Morgan fingerprint density at radius 1 is 1.07 bits per heavy atom. The van der Waals surface area contributed by atoms with Gasteiger partial charge >= 0.3 is 0 Å². The van der Waals surface area contributed by atoms with Gasteiger partial charge in [-0.1, -0.05) is 18.2 Å². The number of fused-ring (bicyclic) bond motifs is 1. The molecule has 2 heterocycles. The number of hydrogen-bond donors (Lipinski definition) is 0. The maximum Gasteiger partial charge on any atom is 0.269 e. The highest BCUT2D eigenvalue weighted by Crippen LogP contribution is 2.34. The minimum atomic E-state index is -3.69. The van der Waals surface area contributed by atoms with Crippen molar-refractivity contribution in [2.45, 2.75) is 30.7 Å². The lowest BCUT2D eigenvalue weighted by Gasteiger charge is -2.38. The van der Waals surface area contributed by atoms with E-state index in [-0.39, 0.29) is 4.90 Å². The summed E-state index contributed by atoms with van der Waals surface area (Å²) in [6.07, 6.45) is 3.92. The van der Waals surface area contributed by atoms with Crippen LogP contribution in [0.2, 0.25) is 0 Å². The van der Waals surface area contributed by atoms with Crippen LogP contribution in [0.5, 0.6) is 0 Å². The zero-order chi connectivity index (χ0) is 20.6. The van der Waals surface area contributed by atoms with Gasteiger partial charge in [-0.3, -0.25) is 0 Å². The van der Waals surface area contributed by atoms with Gasteiger partial charge in [-0.15, -0.1) is 0 Å². The lowest BCUT2D eigenvalue weighted by atomic mass is 10.0. The van der Waals surface area contributed by atoms with Crippen LogP contribution in [0.1, 0.15) is 19.8 Å². The fourth-order valence-electron chi connectivity index (χ4n) is 4.28. The van der Waals surface area contributed by atoms with Crippen molar-refractivity contribution in [3.8, 4) is 0 Å². The van der Waals surface area contributed by atoms with Crippen molar-refractivity contribution >= 4 is 42.5 Å². The molecule has 0 spiro atoms. The molecule has 3 aromatic rings. The fourth-order valence-corrected chi connectivity index (χ4v) is 6.59. The summed E-state index contributed by atoms with van der Waals surface area (Å²) in [6.45, 7) is 5.25. The van der Waals surface area contributed by atoms with Gasteiger partial charge in [-0.25, -0.2) is 12.4 Å². The highest BCUT2D eigenvalue weighted by atomic mass is 79.9. The largest absolute Gasteiger partial charge is 0.368 e. The second-order valence-corrected chi connectivity index (χ2v) is 10.2. The van der Waals surface area contributed by atoms with Crippen molar-refractivity contribution in [2.75, 3.05) is 31.6 Å². The number of aromatic nitrogens is 1. The zero-order valence-corrected chi connectivity index (χ0v) is 19.2. The fraction of sp³-hybridized carbons (Fsp3) is 0.364. The van der Waals surface area contributed by atoms with E-state index in [0.29, 0.717) is 16.0 Å². The molecular weight excluding hydrogens is 450 g/mol. The number of halogens is 1. The molecule has 0 saturated carbocycles. The van der Waals surface area contributed by atoms with Crippen LogP contribution in [0.3, 0.4) is 0 Å². The van der Waals surface area contributed by atoms with Crippen molar-refractivity contribution < 1.29 is 8.42 Å². The molecule has 0 unspecified atom stereocenters. The van der Waals surface area contributed by atoms with Crippen LogP contribution in [-0.4, -0.2) is 50.0 Å². The molecule has 1 fully saturated rings. The molecule has 1 aliphatic rings. The van der Waals surface area contributed by atoms with E-state index in [1.54, 1.807) is 24.4 Å². The smallest absolute Gasteiger partial charge is 0.269 e. The summed E-state index contributed by atoms with van der Waals surface area (Å²) >= 11 is 3.38. The molecular formula is C22H26BrN3O2S. The number of anilines is 1. The monoisotopic (exact) mass is 475 g/mol. The van der Waals surface area contributed by atoms with Gasteiger partial charge in [0.15, 0.2) is 0 Å². The zero-order valence-electron chi connectivity index (χ0n) is 16.8. The van der Waals surface area contributed by atoms with E-state index in [0.717, 1.165) is 43.5 Å². The number of nitrogens with zero attached hydrogens (tertiary/aromatic N) is 3. The molecule has 0 amide bonds. The van der Waals surface area contributed by atoms with E-state index in [1.165, 1.54) is 3.97 Å². The van der Waals surface area contributed by atoms with Crippen LogP contribution in [0, 0.1) is 0 Å². The predicted molar refractivity (Wildman–Crippen MR) is 122 cm³/mol. The number of hydrogen-bond acceptors (Lipinski definition) is 4. The van der Waals surface area contributed by atoms with E-state index in [4.69, 9.17) is 0 Å². The summed E-state index contributed by atoms with van der Waals surface area (Å²) in [7, 11) is -1.52. The second-order valence-electron chi connectivity index (χ2n) is 7.58. The first-order valence-corrected chi connectivity index (χ1v) is 12.2. The molecule has 7 heteroatoms. The molecule has 29 heavy (non-hydrogen) atoms. The van der Waals surface area contributed by atoms with Crippen molar-refractivity contribution in [1.29, 1.82) is 0 Å². The van der Waals surface area contributed by atoms with Crippen LogP contribution in [0.15, 0.2) is 64.1 Å². The number of piperidine rings is 1. The first-order chi connectivity index (χ1) is 13.9. The summed E-state index contributed by atoms with van der Waals surface area (Å²) in [6, 6.07) is 15.3. The molecule has 1 saturated heterocycles. The summed E-state index contributed by atoms with van der Waals surface area (Å²) < 4.78 is 28.6. The first kappa shape index (κ1) is 20.4. The molecule has 0 atom stereocenters. The third kappa shape index (κ3) is 3.71. The van der Waals surface area contributed by atoms with E-state index in [1.807, 2.05) is 24.3 Å². The number of likely N-dealkylation sites (tertiary alicyclic amines) is 1. The number of rotatable bonds is 5. The average Bonchev–Trinajstić information content (AvgIpc) is 3.16. The quantitative estimate of drug-likeness (QED) is 0.542. The van der Waals surface area contributed by atoms with Crippen LogP contribution < -0.4 is 4.90 Å². The van der Waals surface area contributed by atoms with Crippen molar-refractivity contribution in [2.24, 2.45) is 0 Å². The molecule has 154 valence electrons. The summed E-state index contributed by atoms with van der Waals surface area (Å²) in [4.78, 5) is 5.07. The molecule has 1 aromatic heterocycles. The number of benzene rings is 2. The Labute approximate surface area is 181 Å². The summed E-state index contributed by atoms with van der Waals surface area (Å²) in [5.74, 6) is 0. The summed E-state index contributed by atoms with van der Waals surface area (Å²) in [5.41, 5.74) is 1.82. The van der Waals surface area contributed by atoms with Crippen molar-refractivity contribution in [1.82, 2.24) is 8.87 Å². The van der Waals surface area contributed by atoms with Gasteiger partial charge in [-0.05, 0) is 86.2 Å². The lowest BCUT2D eigenvalue weighted by Crippen LogP contribution is -2.43. The second kappa shape index (κ2) is 8.13. The molecule has 1 aliphatic heterocycles. The SMILES string of the molecule is CCN(c1cccc2c1ccn2S(=O)(=O)c1ccccc1Br)C1CCN(C)CC1. The molecule has 2 aromatic carbocycles. The molecule has 0 N–H and O–H groups in total. The Kier molecular flexibility index (Phi) is 5.73. The van der Waals surface area contributed by atoms with Crippen LogP contribution in [0.4, 0.5) is 5.69 Å². The Hall–Kier alpha value is -1.83. The van der Waals surface area contributed by atoms with Crippen molar-refractivity contribution in [3.05, 3.63) is 59.2 Å². The van der Waals surface area contributed by atoms with Gasteiger partial charge in [0.1, 0.15) is 4.90 Å². The minimum absolute atomic E-state index is 0.269.